The van der Waals surface area contributed by atoms with Crippen molar-refractivity contribution in [3.8, 4) is 11.4 Å². The highest BCUT2D eigenvalue weighted by molar-refractivity contribution is 6.33. The van der Waals surface area contributed by atoms with Crippen molar-refractivity contribution in [1.82, 2.24) is 19.9 Å². The molecule has 4 aromatic rings. The molecule has 0 amide bonds. The third kappa shape index (κ3) is 4.47. The normalized spacial score (nSPS) is 12.7. The van der Waals surface area contributed by atoms with E-state index in [1.165, 1.54) is 24.5 Å². The maximum absolute atomic E-state index is 12.7. The molecule has 0 aliphatic rings. The third-order valence-corrected chi connectivity index (χ3v) is 4.94. The summed E-state index contributed by atoms with van der Waals surface area (Å²) in [6.07, 6.45) is -0.323. The molecule has 0 aliphatic heterocycles. The van der Waals surface area contributed by atoms with Crippen LogP contribution in [0.4, 0.5) is 24.8 Å². The molecule has 0 bridgehead atoms. The number of nitrogens with one attached hydrogen (secondary N) is 1. The van der Waals surface area contributed by atoms with Crippen molar-refractivity contribution in [1.29, 1.82) is 0 Å². The molecular weight excluding hydrogens is 447 g/mol. The topological polar surface area (TPSA) is 104 Å². The van der Waals surface area contributed by atoms with Crippen molar-refractivity contribution in [2.24, 2.45) is 0 Å². The predicted molar refractivity (Wildman–Crippen MR) is 112 cm³/mol. The maximum atomic E-state index is 12.7. The number of anilines is 2. The number of halogens is 4. The van der Waals surface area contributed by atoms with Gasteiger partial charge in [-0.05, 0) is 35.7 Å². The molecule has 1 atom stereocenters. The minimum Gasteiger partial charge on any atom is -0.393 e. The zero-order chi connectivity index (χ0) is 22.9. The number of fused-ring (bicyclic) bond motifs is 1. The second-order valence-corrected chi connectivity index (χ2v) is 7.21. The van der Waals surface area contributed by atoms with E-state index in [0.29, 0.717) is 28.2 Å². The Hall–Kier alpha value is -3.34. The first-order chi connectivity index (χ1) is 15.3. The number of pyridine rings is 4. The van der Waals surface area contributed by atoms with E-state index in [-0.39, 0.29) is 10.8 Å². The molecule has 4 heterocycles. The fourth-order valence-corrected chi connectivity index (χ4v) is 3.25. The maximum Gasteiger partial charge on any atom is 0.417 e. The lowest BCUT2D eigenvalue weighted by molar-refractivity contribution is -0.137. The van der Waals surface area contributed by atoms with Crippen molar-refractivity contribution in [2.45, 2.75) is 12.3 Å². The van der Waals surface area contributed by atoms with E-state index < -0.39 is 24.5 Å². The number of nitrogens with zero attached hydrogens (tertiary/aromatic N) is 4. The smallest absolute Gasteiger partial charge is 0.393 e. The molecule has 164 valence electrons. The van der Waals surface area contributed by atoms with Gasteiger partial charge in [-0.2, -0.15) is 13.2 Å². The molecule has 0 spiro atoms. The lowest BCUT2D eigenvalue weighted by Crippen LogP contribution is -2.06. The number of rotatable bonds is 5. The van der Waals surface area contributed by atoms with Crippen LogP contribution in [0, 0.1) is 0 Å². The summed E-state index contributed by atoms with van der Waals surface area (Å²) >= 11 is 6.29. The van der Waals surface area contributed by atoms with Gasteiger partial charge in [-0.3, -0.25) is 9.97 Å². The lowest BCUT2D eigenvalue weighted by atomic mass is 10.1. The molecule has 1 unspecified atom stereocenters. The molecule has 7 nitrogen and oxygen atoms in total. The van der Waals surface area contributed by atoms with Gasteiger partial charge in [-0.1, -0.05) is 11.6 Å². The van der Waals surface area contributed by atoms with E-state index in [9.17, 15) is 18.3 Å². The van der Waals surface area contributed by atoms with E-state index in [1.54, 1.807) is 18.3 Å². The number of aliphatic hydroxyl groups excluding tert-OH is 2. The van der Waals surface area contributed by atoms with Gasteiger partial charge >= 0.3 is 6.18 Å². The fraction of sp³-hybridized carbons (Fsp3) is 0.143. The quantitative estimate of drug-likeness (QED) is 0.401. The van der Waals surface area contributed by atoms with Crippen LogP contribution in [0.15, 0.2) is 55.1 Å². The van der Waals surface area contributed by atoms with Crippen LogP contribution in [0.3, 0.4) is 0 Å². The van der Waals surface area contributed by atoms with Crippen molar-refractivity contribution in [3.63, 3.8) is 0 Å². The van der Waals surface area contributed by atoms with E-state index >= 15 is 0 Å². The molecule has 0 radical (unpaired) electrons. The van der Waals surface area contributed by atoms with Gasteiger partial charge in [0, 0.05) is 35.7 Å². The molecule has 11 heteroatoms. The first-order valence-corrected chi connectivity index (χ1v) is 9.64. The average molecular weight is 462 g/mol. The molecule has 4 rings (SSSR count). The highest BCUT2D eigenvalue weighted by Crippen LogP contribution is 2.32. The minimum absolute atomic E-state index is 0.199. The molecule has 0 saturated carbocycles. The summed E-state index contributed by atoms with van der Waals surface area (Å²) in [4.78, 5) is 16.6. The molecule has 3 N–H and O–H groups in total. The second kappa shape index (κ2) is 8.65. The fourth-order valence-electron chi connectivity index (χ4n) is 2.98. The molecule has 4 aromatic heterocycles. The van der Waals surface area contributed by atoms with Crippen molar-refractivity contribution < 1.29 is 23.4 Å². The molecule has 0 fully saturated rings. The SMILES string of the molecule is OCC(O)c1cnc(-c2cc3ccnc(Nc4ccc(C(F)(F)F)cn4)c3cn2)c(Cl)c1. The Kier molecular flexibility index (Phi) is 5.92. The summed E-state index contributed by atoms with van der Waals surface area (Å²) in [6.45, 7) is -0.456. The molecule has 0 aromatic carbocycles. The third-order valence-electron chi connectivity index (χ3n) is 4.65. The molecule has 0 saturated heterocycles. The Morgan fingerprint density at radius 3 is 2.47 bits per heavy atom. The van der Waals surface area contributed by atoms with Gasteiger partial charge in [0.15, 0.2) is 0 Å². The van der Waals surface area contributed by atoms with Gasteiger partial charge in [0.05, 0.1) is 22.9 Å². The van der Waals surface area contributed by atoms with Gasteiger partial charge in [0.25, 0.3) is 0 Å². The standard InChI is InChI=1S/C21H15ClF3N5O2/c22-15-5-12(17(32)10-31)7-29-19(15)16-6-11-3-4-26-20(14(11)9-27-16)30-18-2-1-13(8-28-18)21(23,24)25/h1-9,17,31-32H,10H2,(H,26,28,30). The summed E-state index contributed by atoms with van der Waals surface area (Å²) in [5.74, 6) is 0.569. The first-order valence-electron chi connectivity index (χ1n) is 9.26. The molecule has 0 aliphatic carbocycles. The lowest BCUT2D eigenvalue weighted by Gasteiger charge is -2.12. The van der Waals surface area contributed by atoms with Crippen LogP contribution < -0.4 is 5.32 Å². The summed E-state index contributed by atoms with van der Waals surface area (Å²) in [6, 6.07) is 7.13. The number of aliphatic hydroxyl groups is 2. The van der Waals surface area contributed by atoms with Gasteiger partial charge < -0.3 is 15.5 Å². The second-order valence-electron chi connectivity index (χ2n) is 6.80. The highest BCUT2D eigenvalue weighted by atomic mass is 35.5. The van der Waals surface area contributed by atoms with Crippen molar-refractivity contribution in [2.75, 3.05) is 11.9 Å². The summed E-state index contributed by atoms with van der Waals surface area (Å²) in [5, 5.41) is 23.3. The Morgan fingerprint density at radius 2 is 1.81 bits per heavy atom. The number of alkyl halides is 3. The Morgan fingerprint density at radius 1 is 1.00 bits per heavy atom. The van der Waals surface area contributed by atoms with Gasteiger partial charge in [-0.15, -0.1) is 0 Å². The van der Waals surface area contributed by atoms with Crippen LogP contribution >= 0.6 is 11.6 Å². The zero-order valence-electron chi connectivity index (χ0n) is 16.2. The summed E-state index contributed by atoms with van der Waals surface area (Å²) in [5.41, 5.74) is 0.388. The van der Waals surface area contributed by atoms with Crippen molar-refractivity contribution in [3.05, 3.63) is 71.3 Å². The van der Waals surface area contributed by atoms with Crippen LogP contribution in [0.25, 0.3) is 22.2 Å². The van der Waals surface area contributed by atoms with Crippen LogP contribution in [-0.2, 0) is 6.18 Å². The van der Waals surface area contributed by atoms with E-state index in [4.69, 9.17) is 16.7 Å². The Labute approximate surface area is 184 Å². The monoisotopic (exact) mass is 461 g/mol. The number of hydrogen-bond acceptors (Lipinski definition) is 7. The highest BCUT2D eigenvalue weighted by Gasteiger charge is 2.30. The minimum atomic E-state index is -4.47. The van der Waals surface area contributed by atoms with Crippen LogP contribution in [0.5, 0.6) is 0 Å². The Bertz CT molecular complexity index is 1270. The number of hydrogen-bond donors (Lipinski definition) is 3. The summed E-state index contributed by atoms with van der Waals surface area (Å²) < 4.78 is 38.2. The largest absolute Gasteiger partial charge is 0.417 e. The average Bonchev–Trinajstić information content (AvgIpc) is 2.78. The Balaban J connectivity index is 1.64. The summed E-state index contributed by atoms with van der Waals surface area (Å²) in [7, 11) is 0. The predicted octanol–water partition coefficient (Wildman–Crippen LogP) is 4.53. The van der Waals surface area contributed by atoms with E-state index in [2.05, 4.69) is 25.3 Å². The van der Waals surface area contributed by atoms with E-state index in [0.717, 1.165) is 17.6 Å². The first kappa shape index (κ1) is 21.9. The van der Waals surface area contributed by atoms with Gasteiger partial charge in [0.1, 0.15) is 23.4 Å². The zero-order valence-corrected chi connectivity index (χ0v) is 16.9. The van der Waals surface area contributed by atoms with Crippen LogP contribution in [0.2, 0.25) is 5.02 Å². The van der Waals surface area contributed by atoms with E-state index in [1.807, 2.05) is 0 Å². The molecular formula is C21H15ClF3N5O2. The number of aromatic nitrogens is 4. The van der Waals surface area contributed by atoms with Crippen molar-refractivity contribution >= 4 is 34.0 Å². The molecule has 32 heavy (non-hydrogen) atoms. The van der Waals surface area contributed by atoms with Crippen LogP contribution in [0.1, 0.15) is 17.2 Å². The van der Waals surface area contributed by atoms with Gasteiger partial charge in [0.2, 0.25) is 0 Å². The van der Waals surface area contributed by atoms with Crippen LogP contribution in [-0.4, -0.2) is 36.8 Å². The van der Waals surface area contributed by atoms with Gasteiger partial charge in [-0.25, -0.2) is 9.97 Å².